The summed E-state index contributed by atoms with van der Waals surface area (Å²) in [5.74, 6) is 1.25. The summed E-state index contributed by atoms with van der Waals surface area (Å²) in [6.45, 7) is 3.02. The lowest BCUT2D eigenvalue weighted by Crippen LogP contribution is -2.21. The van der Waals surface area contributed by atoms with Crippen molar-refractivity contribution < 1.29 is 4.74 Å². The summed E-state index contributed by atoms with van der Waals surface area (Å²) in [5, 5.41) is 8.86. The number of benzene rings is 1. The van der Waals surface area contributed by atoms with Crippen LogP contribution >= 0.6 is 0 Å². The predicted molar refractivity (Wildman–Crippen MR) is 93.4 cm³/mol. The Morgan fingerprint density at radius 3 is 2.33 bits per heavy atom. The molecule has 24 heavy (non-hydrogen) atoms. The van der Waals surface area contributed by atoms with Crippen LogP contribution in [0.2, 0.25) is 0 Å². The Bertz CT molecular complexity index is 680. The van der Waals surface area contributed by atoms with Gasteiger partial charge in [0.2, 0.25) is 0 Å². The van der Waals surface area contributed by atoms with Gasteiger partial charge in [0.15, 0.2) is 5.82 Å². The molecule has 4 heteroatoms. The number of ether oxygens (including phenoxy) is 1. The standard InChI is InChI=1S/C20H23N3O/c1-2-11-24-19-9-7-16(8-10-19)18-13-22-20(23-14-18)17-5-3-15(12-21)4-6-17/h3-6,13-14,16,19H,2,7-11H2,1H3. The van der Waals surface area contributed by atoms with Crippen molar-refractivity contribution in [3.8, 4) is 17.5 Å². The summed E-state index contributed by atoms with van der Waals surface area (Å²) in [5.41, 5.74) is 2.82. The van der Waals surface area contributed by atoms with Crippen LogP contribution in [0.3, 0.4) is 0 Å². The van der Waals surface area contributed by atoms with E-state index in [0.717, 1.165) is 44.3 Å². The molecule has 1 saturated carbocycles. The first-order valence-electron chi connectivity index (χ1n) is 8.74. The normalized spacial score (nSPS) is 20.5. The molecule has 1 aromatic heterocycles. The van der Waals surface area contributed by atoms with E-state index in [2.05, 4.69) is 23.0 Å². The maximum atomic E-state index is 8.86. The summed E-state index contributed by atoms with van der Waals surface area (Å²) < 4.78 is 5.86. The molecule has 4 nitrogen and oxygen atoms in total. The third-order valence-electron chi connectivity index (χ3n) is 4.65. The zero-order valence-electron chi connectivity index (χ0n) is 14.1. The summed E-state index contributed by atoms with van der Waals surface area (Å²) in [6.07, 6.45) is 9.98. The molecule has 0 aliphatic heterocycles. The van der Waals surface area contributed by atoms with Gasteiger partial charge in [-0.3, -0.25) is 0 Å². The average molecular weight is 321 g/mol. The lowest BCUT2D eigenvalue weighted by Gasteiger charge is -2.28. The summed E-state index contributed by atoms with van der Waals surface area (Å²) >= 11 is 0. The van der Waals surface area contributed by atoms with Crippen LogP contribution in [0.25, 0.3) is 11.4 Å². The van der Waals surface area contributed by atoms with Gasteiger partial charge in [0.25, 0.3) is 0 Å². The van der Waals surface area contributed by atoms with E-state index >= 15 is 0 Å². The maximum Gasteiger partial charge on any atom is 0.159 e. The molecule has 1 aliphatic rings. The number of hydrogen-bond donors (Lipinski definition) is 0. The molecule has 1 aromatic carbocycles. The van der Waals surface area contributed by atoms with E-state index in [9.17, 15) is 0 Å². The van der Waals surface area contributed by atoms with Gasteiger partial charge < -0.3 is 4.74 Å². The predicted octanol–water partition coefficient (Wildman–Crippen LogP) is 4.47. The number of aromatic nitrogens is 2. The van der Waals surface area contributed by atoms with Crippen molar-refractivity contribution in [3.63, 3.8) is 0 Å². The molecule has 0 amide bonds. The first-order valence-corrected chi connectivity index (χ1v) is 8.74. The van der Waals surface area contributed by atoms with Crippen molar-refractivity contribution in [1.82, 2.24) is 9.97 Å². The lowest BCUT2D eigenvalue weighted by molar-refractivity contribution is 0.0251. The first kappa shape index (κ1) is 16.6. The monoisotopic (exact) mass is 321 g/mol. The number of nitrogens with zero attached hydrogens (tertiary/aromatic N) is 3. The smallest absolute Gasteiger partial charge is 0.159 e. The second-order valence-electron chi connectivity index (χ2n) is 6.37. The Labute approximate surface area is 143 Å². The van der Waals surface area contributed by atoms with E-state index in [1.807, 2.05) is 24.5 Å². The Kier molecular flexibility index (Phi) is 5.55. The van der Waals surface area contributed by atoms with E-state index in [1.54, 1.807) is 12.1 Å². The van der Waals surface area contributed by atoms with Gasteiger partial charge in [-0.15, -0.1) is 0 Å². The molecular formula is C20H23N3O. The number of hydrogen-bond acceptors (Lipinski definition) is 4. The second-order valence-corrected chi connectivity index (χ2v) is 6.37. The van der Waals surface area contributed by atoms with Gasteiger partial charge in [-0.1, -0.05) is 6.92 Å². The van der Waals surface area contributed by atoms with Crippen molar-refractivity contribution in [1.29, 1.82) is 5.26 Å². The zero-order chi connectivity index (χ0) is 16.8. The topological polar surface area (TPSA) is 58.8 Å². The molecule has 3 rings (SSSR count). The molecule has 1 aliphatic carbocycles. The fourth-order valence-electron chi connectivity index (χ4n) is 3.24. The lowest BCUT2D eigenvalue weighted by atomic mass is 9.84. The van der Waals surface area contributed by atoms with E-state index in [0.29, 0.717) is 23.4 Å². The highest BCUT2D eigenvalue weighted by molar-refractivity contribution is 5.56. The third-order valence-corrected chi connectivity index (χ3v) is 4.65. The van der Waals surface area contributed by atoms with Gasteiger partial charge >= 0.3 is 0 Å². The molecule has 0 atom stereocenters. The molecule has 0 unspecified atom stereocenters. The van der Waals surface area contributed by atoms with Gasteiger partial charge in [-0.25, -0.2) is 9.97 Å². The molecule has 0 N–H and O–H groups in total. The molecule has 1 heterocycles. The molecule has 0 saturated heterocycles. The van der Waals surface area contributed by atoms with Crippen LogP contribution in [0.5, 0.6) is 0 Å². The van der Waals surface area contributed by atoms with E-state index in [4.69, 9.17) is 10.00 Å². The first-order chi connectivity index (χ1) is 11.8. The molecular weight excluding hydrogens is 298 g/mol. The molecule has 124 valence electrons. The van der Waals surface area contributed by atoms with Crippen LogP contribution in [-0.4, -0.2) is 22.7 Å². The number of nitriles is 1. The van der Waals surface area contributed by atoms with Crippen LogP contribution in [0.15, 0.2) is 36.7 Å². The Morgan fingerprint density at radius 1 is 1.08 bits per heavy atom. The van der Waals surface area contributed by atoms with Gasteiger partial charge in [0.1, 0.15) is 0 Å². The van der Waals surface area contributed by atoms with Gasteiger partial charge in [0, 0.05) is 24.6 Å². The van der Waals surface area contributed by atoms with Crippen molar-refractivity contribution in [3.05, 3.63) is 47.8 Å². The minimum Gasteiger partial charge on any atom is -0.378 e. The van der Waals surface area contributed by atoms with Crippen molar-refractivity contribution >= 4 is 0 Å². The average Bonchev–Trinajstić information content (AvgIpc) is 2.67. The summed E-state index contributed by atoms with van der Waals surface area (Å²) in [4.78, 5) is 9.05. The highest BCUT2D eigenvalue weighted by Gasteiger charge is 2.23. The molecule has 1 fully saturated rings. The van der Waals surface area contributed by atoms with Crippen molar-refractivity contribution in [2.45, 2.75) is 51.0 Å². The van der Waals surface area contributed by atoms with Crippen LogP contribution in [0, 0.1) is 11.3 Å². The largest absolute Gasteiger partial charge is 0.378 e. The Morgan fingerprint density at radius 2 is 1.75 bits per heavy atom. The van der Waals surface area contributed by atoms with E-state index in [1.165, 1.54) is 5.56 Å². The zero-order valence-corrected chi connectivity index (χ0v) is 14.1. The summed E-state index contributed by atoms with van der Waals surface area (Å²) in [6, 6.07) is 9.50. The van der Waals surface area contributed by atoms with Crippen LogP contribution < -0.4 is 0 Å². The fraction of sp³-hybridized carbons (Fsp3) is 0.450. The fourth-order valence-corrected chi connectivity index (χ4v) is 3.24. The quantitative estimate of drug-likeness (QED) is 0.815. The molecule has 2 aromatic rings. The van der Waals surface area contributed by atoms with Gasteiger partial charge in [-0.2, -0.15) is 5.26 Å². The SMILES string of the molecule is CCCOC1CCC(c2cnc(-c3ccc(C#N)cc3)nc2)CC1. The molecule has 0 bridgehead atoms. The van der Waals surface area contributed by atoms with Crippen LogP contribution in [0.4, 0.5) is 0 Å². The van der Waals surface area contributed by atoms with Gasteiger partial charge in [-0.05, 0) is 67.9 Å². The van der Waals surface area contributed by atoms with E-state index in [-0.39, 0.29) is 0 Å². The van der Waals surface area contributed by atoms with Crippen molar-refractivity contribution in [2.24, 2.45) is 0 Å². The van der Waals surface area contributed by atoms with E-state index < -0.39 is 0 Å². The van der Waals surface area contributed by atoms with Crippen LogP contribution in [0.1, 0.15) is 56.1 Å². The van der Waals surface area contributed by atoms with Crippen LogP contribution in [-0.2, 0) is 4.74 Å². The molecule has 0 radical (unpaired) electrons. The molecule has 0 spiro atoms. The second kappa shape index (κ2) is 8.03. The maximum absolute atomic E-state index is 8.86. The third kappa shape index (κ3) is 3.98. The Balaban J connectivity index is 1.61. The summed E-state index contributed by atoms with van der Waals surface area (Å²) in [7, 11) is 0. The van der Waals surface area contributed by atoms with Crippen molar-refractivity contribution in [2.75, 3.05) is 6.61 Å². The minimum absolute atomic E-state index is 0.431. The number of rotatable bonds is 5. The highest BCUT2D eigenvalue weighted by atomic mass is 16.5. The minimum atomic E-state index is 0.431. The Hall–Kier alpha value is -2.25. The highest BCUT2D eigenvalue weighted by Crippen LogP contribution is 2.33. The van der Waals surface area contributed by atoms with Gasteiger partial charge in [0.05, 0.1) is 17.7 Å².